The van der Waals surface area contributed by atoms with Crippen molar-refractivity contribution in [1.82, 2.24) is 10.9 Å². The number of rotatable bonds is 7. The highest BCUT2D eigenvalue weighted by molar-refractivity contribution is 6.33. The minimum Gasteiger partial charge on any atom is -0.492 e. The number of amides is 3. The maximum Gasteiger partial charge on any atom is 0.311 e. The van der Waals surface area contributed by atoms with Crippen LogP contribution >= 0.6 is 11.6 Å². The van der Waals surface area contributed by atoms with Crippen LogP contribution in [-0.4, -0.2) is 43.4 Å². The Labute approximate surface area is 189 Å². The molecule has 2 aromatic rings. The molecule has 2 aromatic carbocycles. The van der Waals surface area contributed by atoms with Crippen LogP contribution in [0.5, 0.6) is 5.75 Å². The summed E-state index contributed by atoms with van der Waals surface area (Å²) in [4.78, 5) is 50.2. The molecule has 2 N–H and O–H groups in total. The zero-order chi connectivity index (χ0) is 23.1. The van der Waals surface area contributed by atoms with Crippen molar-refractivity contribution in [2.45, 2.75) is 13.3 Å². The maximum absolute atomic E-state index is 12.4. The molecule has 0 saturated carbocycles. The van der Waals surface area contributed by atoms with E-state index in [1.165, 1.54) is 11.0 Å². The van der Waals surface area contributed by atoms with Gasteiger partial charge in [-0.15, -0.1) is 0 Å². The van der Waals surface area contributed by atoms with Crippen LogP contribution in [0.25, 0.3) is 0 Å². The van der Waals surface area contributed by atoms with Crippen LogP contribution in [0.2, 0.25) is 5.02 Å². The Bertz CT molecular complexity index is 1030. The molecule has 1 aliphatic rings. The Hall–Kier alpha value is -3.59. The number of ether oxygens (including phenoxy) is 2. The number of hydrazine groups is 1. The van der Waals surface area contributed by atoms with Crippen LogP contribution in [0.3, 0.4) is 0 Å². The Morgan fingerprint density at radius 1 is 1.09 bits per heavy atom. The number of para-hydroxylation sites is 2. The molecule has 0 radical (unpaired) electrons. The van der Waals surface area contributed by atoms with Gasteiger partial charge in [0, 0.05) is 13.0 Å². The molecule has 1 saturated heterocycles. The Morgan fingerprint density at radius 2 is 1.81 bits per heavy atom. The normalized spacial score (nSPS) is 15.2. The molecule has 1 heterocycles. The van der Waals surface area contributed by atoms with Crippen LogP contribution in [0.15, 0.2) is 48.5 Å². The van der Waals surface area contributed by atoms with Gasteiger partial charge in [0.2, 0.25) is 5.91 Å². The molecule has 1 aliphatic heterocycles. The molecule has 168 valence electrons. The molecule has 9 nitrogen and oxygen atoms in total. The zero-order valence-electron chi connectivity index (χ0n) is 17.3. The van der Waals surface area contributed by atoms with Gasteiger partial charge in [-0.3, -0.25) is 30.0 Å². The predicted molar refractivity (Wildman–Crippen MR) is 116 cm³/mol. The van der Waals surface area contributed by atoms with Gasteiger partial charge in [0.05, 0.1) is 28.8 Å². The maximum atomic E-state index is 12.4. The highest BCUT2D eigenvalue weighted by atomic mass is 35.5. The molecule has 1 atom stereocenters. The van der Waals surface area contributed by atoms with Gasteiger partial charge in [-0.1, -0.05) is 35.9 Å². The third-order valence-electron chi connectivity index (χ3n) is 4.69. The third-order valence-corrected chi connectivity index (χ3v) is 5.02. The molecule has 0 bridgehead atoms. The number of benzene rings is 2. The van der Waals surface area contributed by atoms with E-state index < -0.39 is 30.3 Å². The van der Waals surface area contributed by atoms with Gasteiger partial charge < -0.3 is 14.4 Å². The molecule has 3 amide bonds. The summed E-state index contributed by atoms with van der Waals surface area (Å²) < 4.78 is 10.6. The average molecular weight is 460 g/mol. The Morgan fingerprint density at radius 3 is 2.56 bits per heavy atom. The summed E-state index contributed by atoms with van der Waals surface area (Å²) in [5.74, 6) is -2.44. The summed E-state index contributed by atoms with van der Waals surface area (Å²) in [5.41, 5.74) is 5.11. The average Bonchev–Trinajstić information content (AvgIpc) is 3.18. The fourth-order valence-corrected chi connectivity index (χ4v) is 3.41. The molecular formula is C22H22ClN3O6. The Kier molecular flexibility index (Phi) is 7.67. The molecule has 0 aliphatic carbocycles. The lowest BCUT2D eigenvalue weighted by Crippen LogP contribution is -2.44. The number of hydrogen-bond donors (Lipinski definition) is 2. The zero-order valence-corrected chi connectivity index (χ0v) is 18.1. The second kappa shape index (κ2) is 10.6. The van der Waals surface area contributed by atoms with Crippen molar-refractivity contribution < 1.29 is 28.7 Å². The topological polar surface area (TPSA) is 114 Å². The number of carbonyl (C=O) groups is 4. The number of nitrogens with zero attached hydrogens (tertiary/aromatic N) is 1. The first-order valence-corrected chi connectivity index (χ1v) is 10.3. The Balaban J connectivity index is 1.49. The molecule has 32 heavy (non-hydrogen) atoms. The highest BCUT2D eigenvalue weighted by Crippen LogP contribution is 2.33. The summed E-state index contributed by atoms with van der Waals surface area (Å²) >= 11 is 5.92. The highest BCUT2D eigenvalue weighted by Gasteiger charge is 2.37. The minimum atomic E-state index is -0.735. The standard InChI is InChI=1S/C22H22ClN3O6/c1-2-31-18-10-6-5-9-17(18)26-12-14(11-20(26)28)22(30)32-13-19(27)24-25-21(29)15-7-3-4-8-16(15)23/h3-10,14H,2,11-13H2,1H3,(H,24,27)(H,25,29)/t14-/m1/s1. The fourth-order valence-electron chi connectivity index (χ4n) is 3.19. The van der Waals surface area contributed by atoms with Crippen molar-refractivity contribution in [2.75, 3.05) is 24.7 Å². The van der Waals surface area contributed by atoms with Gasteiger partial charge in [0.25, 0.3) is 11.8 Å². The molecule has 3 rings (SSSR count). The number of hydrogen-bond acceptors (Lipinski definition) is 6. The van der Waals surface area contributed by atoms with E-state index >= 15 is 0 Å². The van der Waals surface area contributed by atoms with E-state index in [-0.39, 0.29) is 29.5 Å². The molecule has 1 fully saturated rings. The monoisotopic (exact) mass is 459 g/mol. The van der Waals surface area contributed by atoms with E-state index in [0.29, 0.717) is 18.0 Å². The van der Waals surface area contributed by atoms with Crippen molar-refractivity contribution in [2.24, 2.45) is 5.92 Å². The predicted octanol–water partition coefficient (Wildman–Crippen LogP) is 2.10. The summed E-state index contributed by atoms with van der Waals surface area (Å²) in [6.07, 6.45) is -0.0375. The van der Waals surface area contributed by atoms with Crippen LogP contribution in [-0.2, 0) is 19.1 Å². The molecule has 0 spiro atoms. The summed E-state index contributed by atoms with van der Waals surface area (Å²) in [6, 6.07) is 13.4. The van der Waals surface area contributed by atoms with Gasteiger partial charge >= 0.3 is 5.97 Å². The van der Waals surface area contributed by atoms with Crippen LogP contribution in [0, 0.1) is 5.92 Å². The second-order valence-corrected chi connectivity index (χ2v) is 7.30. The van der Waals surface area contributed by atoms with Gasteiger partial charge in [0.1, 0.15) is 5.75 Å². The number of nitrogens with one attached hydrogen (secondary N) is 2. The smallest absolute Gasteiger partial charge is 0.311 e. The lowest BCUT2D eigenvalue weighted by molar-refractivity contribution is -0.152. The van der Waals surface area contributed by atoms with Gasteiger partial charge in [-0.25, -0.2) is 0 Å². The first-order valence-electron chi connectivity index (χ1n) is 9.93. The third kappa shape index (κ3) is 5.55. The number of carbonyl (C=O) groups excluding carboxylic acids is 4. The lowest BCUT2D eigenvalue weighted by Gasteiger charge is -2.19. The molecule has 0 unspecified atom stereocenters. The first-order chi connectivity index (χ1) is 15.4. The van der Waals surface area contributed by atoms with E-state index in [4.69, 9.17) is 21.1 Å². The second-order valence-electron chi connectivity index (χ2n) is 6.90. The summed E-state index contributed by atoms with van der Waals surface area (Å²) in [5, 5.41) is 0.229. The quantitative estimate of drug-likeness (QED) is 0.484. The minimum absolute atomic E-state index is 0.0375. The number of halogens is 1. The van der Waals surface area contributed by atoms with Gasteiger partial charge in [-0.2, -0.15) is 0 Å². The number of esters is 1. The van der Waals surface area contributed by atoms with Crippen molar-refractivity contribution in [1.29, 1.82) is 0 Å². The fraction of sp³-hybridized carbons (Fsp3) is 0.273. The summed E-state index contributed by atoms with van der Waals surface area (Å²) in [7, 11) is 0. The van der Waals surface area contributed by atoms with E-state index in [2.05, 4.69) is 10.9 Å². The van der Waals surface area contributed by atoms with Crippen LogP contribution in [0.1, 0.15) is 23.7 Å². The van der Waals surface area contributed by atoms with Crippen molar-refractivity contribution in [3.8, 4) is 5.75 Å². The lowest BCUT2D eigenvalue weighted by atomic mass is 10.1. The van der Waals surface area contributed by atoms with E-state index in [9.17, 15) is 19.2 Å². The molecule has 10 heteroatoms. The first kappa shape index (κ1) is 23.1. The number of anilines is 1. The molecular weight excluding hydrogens is 438 g/mol. The SMILES string of the molecule is CCOc1ccccc1N1C[C@H](C(=O)OCC(=O)NNC(=O)c2ccccc2Cl)CC1=O. The molecule has 0 aromatic heterocycles. The van der Waals surface area contributed by atoms with Crippen molar-refractivity contribution in [3.05, 3.63) is 59.1 Å². The largest absolute Gasteiger partial charge is 0.492 e. The van der Waals surface area contributed by atoms with E-state index in [1.807, 2.05) is 6.92 Å². The van der Waals surface area contributed by atoms with Gasteiger partial charge in [-0.05, 0) is 31.2 Å². The van der Waals surface area contributed by atoms with Crippen molar-refractivity contribution >= 4 is 41.0 Å². The van der Waals surface area contributed by atoms with E-state index in [1.54, 1.807) is 42.5 Å². The summed E-state index contributed by atoms with van der Waals surface area (Å²) in [6.45, 7) is 1.78. The van der Waals surface area contributed by atoms with Crippen molar-refractivity contribution in [3.63, 3.8) is 0 Å². The van der Waals surface area contributed by atoms with E-state index in [0.717, 1.165) is 0 Å². The van der Waals surface area contributed by atoms with Crippen LogP contribution in [0.4, 0.5) is 5.69 Å². The van der Waals surface area contributed by atoms with Gasteiger partial charge in [0.15, 0.2) is 6.61 Å². The van der Waals surface area contributed by atoms with Crippen LogP contribution < -0.4 is 20.5 Å².